The number of nitrogens with one attached hydrogen (secondary N) is 1. The van der Waals surface area contributed by atoms with Crippen molar-refractivity contribution in [3.05, 3.63) is 42.4 Å². The molecule has 1 heterocycles. The van der Waals surface area contributed by atoms with Gasteiger partial charge < -0.3 is 9.73 Å². The van der Waals surface area contributed by atoms with Crippen LogP contribution in [-0.2, 0) is 11.2 Å². The predicted octanol–water partition coefficient (Wildman–Crippen LogP) is 3.19. The Morgan fingerprint density at radius 3 is 2.86 bits per heavy atom. The van der Waals surface area contributed by atoms with Crippen LogP contribution in [0.2, 0.25) is 0 Å². The summed E-state index contributed by atoms with van der Waals surface area (Å²) in [7, 11) is 0. The van der Waals surface area contributed by atoms with Crippen molar-refractivity contribution >= 4 is 5.91 Å². The number of rotatable bonds is 6. The molecule has 0 aliphatic heterocycles. The Labute approximate surface area is 124 Å². The monoisotopic (exact) mass is 284 g/mol. The molecular weight excluding hydrogens is 264 g/mol. The molecule has 1 N–H and O–H groups in total. The molecule has 4 heteroatoms. The number of aromatic nitrogens is 1. The molecule has 2 aromatic rings. The van der Waals surface area contributed by atoms with Gasteiger partial charge in [-0.1, -0.05) is 30.3 Å². The maximum absolute atomic E-state index is 11.9. The molecule has 1 saturated carbocycles. The van der Waals surface area contributed by atoms with Gasteiger partial charge in [0.25, 0.3) is 0 Å². The van der Waals surface area contributed by atoms with Crippen LogP contribution in [0.15, 0.2) is 40.9 Å². The molecule has 1 atom stereocenters. The van der Waals surface area contributed by atoms with Crippen LogP contribution in [0.1, 0.15) is 32.1 Å². The molecule has 110 valence electrons. The summed E-state index contributed by atoms with van der Waals surface area (Å²) >= 11 is 0. The topological polar surface area (TPSA) is 55.1 Å². The van der Waals surface area contributed by atoms with Crippen LogP contribution in [0, 0.1) is 5.92 Å². The van der Waals surface area contributed by atoms with Crippen LogP contribution in [0.5, 0.6) is 0 Å². The van der Waals surface area contributed by atoms with E-state index in [9.17, 15) is 4.79 Å². The molecule has 1 fully saturated rings. The van der Waals surface area contributed by atoms with E-state index in [0.717, 1.165) is 11.3 Å². The van der Waals surface area contributed by atoms with E-state index in [1.54, 1.807) is 6.20 Å². The second kappa shape index (κ2) is 6.12. The van der Waals surface area contributed by atoms with E-state index in [4.69, 9.17) is 4.42 Å². The Kier molecular flexibility index (Phi) is 4.04. The highest BCUT2D eigenvalue weighted by molar-refractivity contribution is 5.76. The van der Waals surface area contributed by atoms with E-state index in [1.165, 1.54) is 12.8 Å². The first kappa shape index (κ1) is 13.9. The van der Waals surface area contributed by atoms with Gasteiger partial charge in [0, 0.05) is 24.4 Å². The number of oxazole rings is 1. The van der Waals surface area contributed by atoms with Crippen LogP contribution in [0.3, 0.4) is 0 Å². The third-order valence-electron chi connectivity index (χ3n) is 3.90. The van der Waals surface area contributed by atoms with E-state index in [1.807, 2.05) is 30.3 Å². The summed E-state index contributed by atoms with van der Waals surface area (Å²) < 4.78 is 5.69. The van der Waals surface area contributed by atoms with E-state index in [0.29, 0.717) is 30.7 Å². The molecule has 0 spiro atoms. The van der Waals surface area contributed by atoms with Crippen molar-refractivity contribution in [3.8, 4) is 11.3 Å². The van der Waals surface area contributed by atoms with Gasteiger partial charge in [0.15, 0.2) is 11.7 Å². The van der Waals surface area contributed by atoms with Gasteiger partial charge in [0.1, 0.15) is 0 Å². The number of carbonyl (C=O) groups is 1. The Hall–Kier alpha value is -2.10. The third-order valence-corrected chi connectivity index (χ3v) is 3.90. The van der Waals surface area contributed by atoms with Gasteiger partial charge in [0.05, 0.1) is 6.20 Å². The predicted molar refractivity (Wildman–Crippen MR) is 80.6 cm³/mol. The smallest absolute Gasteiger partial charge is 0.220 e. The van der Waals surface area contributed by atoms with Crippen molar-refractivity contribution in [2.45, 2.75) is 38.6 Å². The maximum atomic E-state index is 11.9. The summed E-state index contributed by atoms with van der Waals surface area (Å²) in [5, 5.41) is 3.04. The lowest BCUT2D eigenvalue weighted by atomic mass is 10.2. The summed E-state index contributed by atoms with van der Waals surface area (Å²) in [5.74, 6) is 2.12. The van der Waals surface area contributed by atoms with Crippen molar-refractivity contribution in [1.29, 1.82) is 0 Å². The van der Waals surface area contributed by atoms with Gasteiger partial charge in [-0.15, -0.1) is 0 Å². The standard InChI is InChI=1S/C17H20N2O2/c1-12(13-7-8-13)19-16(20)9-10-17-18-11-15(21-17)14-5-3-2-4-6-14/h2-6,11-13H,7-10H2,1H3,(H,19,20). The number of aryl methyl sites for hydroxylation is 1. The fourth-order valence-corrected chi connectivity index (χ4v) is 2.42. The number of hydrogen-bond donors (Lipinski definition) is 1. The molecule has 3 rings (SSSR count). The molecule has 0 bridgehead atoms. The fraction of sp³-hybridized carbons (Fsp3) is 0.412. The number of nitrogens with zero attached hydrogens (tertiary/aromatic N) is 1. The fourth-order valence-electron chi connectivity index (χ4n) is 2.42. The van der Waals surface area contributed by atoms with Gasteiger partial charge in [-0.25, -0.2) is 4.98 Å². The summed E-state index contributed by atoms with van der Waals surface area (Å²) in [6.07, 6.45) is 5.15. The normalized spacial score (nSPS) is 15.7. The van der Waals surface area contributed by atoms with E-state index in [-0.39, 0.29) is 5.91 Å². The second-order valence-electron chi connectivity index (χ2n) is 5.68. The molecule has 0 radical (unpaired) electrons. The molecule has 1 aliphatic carbocycles. The molecule has 21 heavy (non-hydrogen) atoms. The first-order valence-electron chi connectivity index (χ1n) is 7.52. The van der Waals surface area contributed by atoms with E-state index >= 15 is 0 Å². The van der Waals surface area contributed by atoms with Gasteiger partial charge in [-0.05, 0) is 25.7 Å². The average Bonchev–Trinajstić information content (AvgIpc) is 3.25. The molecule has 1 aromatic heterocycles. The minimum absolute atomic E-state index is 0.0776. The zero-order valence-electron chi connectivity index (χ0n) is 12.2. The number of amides is 1. The number of carbonyl (C=O) groups excluding carboxylic acids is 1. The van der Waals surface area contributed by atoms with Crippen LogP contribution in [0.25, 0.3) is 11.3 Å². The summed E-state index contributed by atoms with van der Waals surface area (Å²) in [6.45, 7) is 2.08. The van der Waals surface area contributed by atoms with Crippen molar-refractivity contribution in [2.24, 2.45) is 5.92 Å². The van der Waals surface area contributed by atoms with Crippen molar-refractivity contribution in [1.82, 2.24) is 10.3 Å². The zero-order valence-corrected chi connectivity index (χ0v) is 12.2. The van der Waals surface area contributed by atoms with Gasteiger partial charge in [0.2, 0.25) is 5.91 Å². The highest BCUT2D eigenvalue weighted by atomic mass is 16.4. The van der Waals surface area contributed by atoms with Gasteiger partial charge in [-0.2, -0.15) is 0 Å². The Morgan fingerprint density at radius 1 is 1.38 bits per heavy atom. The Balaban J connectivity index is 1.51. The van der Waals surface area contributed by atoms with Gasteiger partial charge >= 0.3 is 0 Å². The van der Waals surface area contributed by atoms with Crippen LogP contribution in [0.4, 0.5) is 0 Å². The average molecular weight is 284 g/mol. The molecule has 1 aliphatic rings. The third kappa shape index (κ3) is 3.72. The van der Waals surface area contributed by atoms with Gasteiger partial charge in [-0.3, -0.25) is 4.79 Å². The van der Waals surface area contributed by atoms with Crippen LogP contribution >= 0.6 is 0 Å². The second-order valence-corrected chi connectivity index (χ2v) is 5.68. The summed E-state index contributed by atoms with van der Waals surface area (Å²) in [5.41, 5.74) is 1.00. The van der Waals surface area contributed by atoms with E-state index < -0.39 is 0 Å². The first-order chi connectivity index (χ1) is 10.2. The zero-order chi connectivity index (χ0) is 14.7. The molecular formula is C17H20N2O2. The lowest BCUT2D eigenvalue weighted by Gasteiger charge is -2.11. The highest BCUT2D eigenvalue weighted by Gasteiger charge is 2.28. The number of hydrogen-bond acceptors (Lipinski definition) is 3. The Bertz CT molecular complexity index is 602. The minimum Gasteiger partial charge on any atom is -0.441 e. The Morgan fingerprint density at radius 2 is 2.14 bits per heavy atom. The number of benzene rings is 1. The summed E-state index contributed by atoms with van der Waals surface area (Å²) in [4.78, 5) is 16.1. The highest BCUT2D eigenvalue weighted by Crippen LogP contribution is 2.32. The summed E-state index contributed by atoms with van der Waals surface area (Å²) in [6, 6.07) is 10.1. The van der Waals surface area contributed by atoms with Crippen molar-refractivity contribution in [3.63, 3.8) is 0 Å². The van der Waals surface area contributed by atoms with Crippen LogP contribution in [-0.4, -0.2) is 16.9 Å². The first-order valence-corrected chi connectivity index (χ1v) is 7.52. The molecule has 4 nitrogen and oxygen atoms in total. The van der Waals surface area contributed by atoms with E-state index in [2.05, 4.69) is 17.2 Å². The molecule has 1 unspecified atom stereocenters. The molecule has 1 aromatic carbocycles. The SMILES string of the molecule is CC(NC(=O)CCc1ncc(-c2ccccc2)o1)C1CC1. The lowest BCUT2D eigenvalue weighted by Crippen LogP contribution is -2.34. The molecule has 0 saturated heterocycles. The van der Waals surface area contributed by atoms with Crippen molar-refractivity contribution in [2.75, 3.05) is 0 Å². The lowest BCUT2D eigenvalue weighted by molar-refractivity contribution is -0.121. The van der Waals surface area contributed by atoms with Crippen molar-refractivity contribution < 1.29 is 9.21 Å². The minimum atomic E-state index is 0.0776. The maximum Gasteiger partial charge on any atom is 0.220 e. The quantitative estimate of drug-likeness (QED) is 0.886. The van der Waals surface area contributed by atoms with Crippen LogP contribution < -0.4 is 5.32 Å². The molecule has 1 amide bonds. The largest absolute Gasteiger partial charge is 0.441 e.